The Bertz CT molecular complexity index is 991. The van der Waals surface area contributed by atoms with Gasteiger partial charge in [0.05, 0.1) is 17.2 Å². The molecule has 0 bridgehead atoms. The number of hydrogen-bond acceptors (Lipinski definition) is 5. The molecule has 3 aliphatic rings. The maximum Gasteiger partial charge on any atom is 0.275 e. The highest BCUT2D eigenvalue weighted by molar-refractivity contribution is 7.98. The van der Waals surface area contributed by atoms with Crippen LogP contribution in [0.25, 0.3) is 11.3 Å². The number of fused-ring (bicyclic) bond motifs is 1. The van der Waals surface area contributed by atoms with E-state index in [2.05, 4.69) is 15.5 Å². The van der Waals surface area contributed by atoms with Crippen LogP contribution in [0.4, 0.5) is 5.69 Å². The second-order valence-electron chi connectivity index (χ2n) is 6.50. The first-order valence-electron chi connectivity index (χ1n) is 8.79. The fourth-order valence-electron chi connectivity index (χ4n) is 3.28. The Morgan fingerprint density at radius 3 is 3.11 bits per heavy atom. The van der Waals surface area contributed by atoms with Crippen LogP contribution in [0.5, 0.6) is 0 Å². The normalized spacial score (nSPS) is 16.7. The average Bonchev–Trinajstić information content (AvgIpc) is 3.31. The zero-order chi connectivity index (χ0) is 18.8. The van der Waals surface area contributed by atoms with Gasteiger partial charge in [0, 0.05) is 36.1 Å². The standard InChI is InChI=1S/C19H20N4O3S/c1-27-14-6-2-4-12(8-14)20-18(24)15-10-23(9-13-5-3-7-26-13)11-16-17(15)21-22-19(16)25/h2,4,6,8,10-11,13H,3,5,7,9H2,1H3,(H,20,24)(H,22,25)/t13-/m1/s1. The molecule has 8 heteroatoms. The van der Waals surface area contributed by atoms with E-state index < -0.39 is 0 Å². The van der Waals surface area contributed by atoms with Crippen molar-refractivity contribution in [3.63, 3.8) is 0 Å². The van der Waals surface area contributed by atoms with E-state index in [1.807, 2.05) is 35.1 Å². The molecule has 7 nitrogen and oxygen atoms in total. The Balaban J connectivity index is 1.66. The van der Waals surface area contributed by atoms with E-state index >= 15 is 0 Å². The van der Waals surface area contributed by atoms with Gasteiger partial charge < -0.3 is 14.6 Å². The lowest BCUT2D eigenvalue weighted by Gasteiger charge is -2.16. The van der Waals surface area contributed by atoms with Crippen molar-refractivity contribution in [2.45, 2.75) is 30.4 Å². The van der Waals surface area contributed by atoms with Crippen LogP contribution < -0.4 is 10.9 Å². The summed E-state index contributed by atoms with van der Waals surface area (Å²) in [5.74, 6) is -0.300. The summed E-state index contributed by atoms with van der Waals surface area (Å²) in [6.45, 7) is 1.36. The molecule has 0 unspecified atom stereocenters. The van der Waals surface area contributed by atoms with Crippen LogP contribution in [-0.2, 0) is 11.3 Å². The molecule has 1 fully saturated rings. The minimum absolute atomic E-state index is 0.101. The predicted octanol–water partition coefficient (Wildman–Crippen LogP) is 2.83. The Labute approximate surface area is 160 Å². The molecule has 2 N–H and O–H groups in total. The summed E-state index contributed by atoms with van der Waals surface area (Å²) in [4.78, 5) is 26.1. The van der Waals surface area contributed by atoms with Gasteiger partial charge in [0.15, 0.2) is 0 Å². The van der Waals surface area contributed by atoms with Gasteiger partial charge in [-0.15, -0.1) is 11.8 Å². The third-order valence-corrected chi connectivity index (χ3v) is 5.35. The monoisotopic (exact) mass is 384 g/mol. The second kappa shape index (κ2) is 7.58. The highest BCUT2D eigenvalue weighted by Gasteiger charge is 2.23. The van der Waals surface area contributed by atoms with Crippen molar-refractivity contribution in [3.05, 3.63) is 52.6 Å². The van der Waals surface area contributed by atoms with E-state index in [0.717, 1.165) is 24.3 Å². The van der Waals surface area contributed by atoms with Crippen molar-refractivity contribution < 1.29 is 9.53 Å². The van der Waals surface area contributed by atoms with Gasteiger partial charge in [-0.1, -0.05) is 6.07 Å². The van der Waals surface area contributed by atoms with E-state index in [-0.39, 0.29) is 17.6 Å². The molecule has 1 aromatic carbocycles. The molecule has 0 spiro atoms. The summed E-state index contributed by atoms with van der Waals surface area (Å²) in [5, 5.41) is 9.38. The van der Waals surface area contributed by atoms with Crippen molar-refractivity contribution in [2.75, 3.05) is 18.2 Å². The van der Waals surface area contributed by atoms with Gasteiger partial charge in [-0.25, -0.2) is 5.10 Å². The molecule has 1 amide bonds. The number of nitrogens with zero attached hydrogens (tertiary/aromatic N) is 2. The largest absolute Gasteiger partial charge is 0.376 e. The molecule has 0 aromatic heterocycles. The molecule has 0 radical (unpaired) electrons. The van der Waals surface area contributed by atoms with Crippen LogP contribution >= 0.6 is 11.8 Å². The molecule has 140 valence electrons. The number of carbonyl (C=O) groups is 1. The molecule has 3 aliphatic heterocycles. The fourth-order valence-corrected chi connectivity index (χ4v) is 3.74. The lowest BCUT2D eigenvalue weighted by atomic mass is 10.1. The minimum Gasteiger partial charge on any atom is -0.376 e. The van der Waals surface area contributed by atoms with Gasteiger partial charge in [-0.2, -0.15) is 5.10 Å². The van der Waals surface area contributed by atoms with Crippen molar-refractivity contribution in [2.24, 2.45) is 0 Å². The molecule has 1 atom stereocenters. The van der Waals surface area contributed by atoms with Crippen LogP contribution in [-0.4, -0.2) is 39.6 Å². The number of carbonyl (C=O) groups excluding carboxylic acids is 1. The number of H-pyrrole nitrogens is 1. The second-order valence-corrected chi connectivity index (χ2v) is 7.38. The summed E-state index contributed by atoms with van der Waals surface area (Å²) in [6.07, 6.45) is 7.55. The first-order chi connectivity index (χ1) is 13.1. The minimum atomic E-state index is -0.301. The van der Waals surface area contributed by atoms with Gasteiger partial charge in [0.1, 0.15) is 5.69 Å². The molecule has 1 saturated heterocycles. The quantitative estimate of drug-likeness (QED) is 0.661. The number of amides is 1. The molecule has 3 heterocycles. The number of rotatable bonds is 5. The molecular formula is C19H20N4O3S. The third-order valence-electron chi connectivity index (χ3n) is 4.62. The van der Waals surface area contributed by atoms with Gasteiger partial charge in [-0.3, -0.25) is 9.59 Å². The van der Waals surface area contributed by atoms with Gasteiger partial charge in [0.25, 0.3) is 11.5 Å². The predicted molar refractivity (Wildman–Crippen MR) is 105 cm³/mol. The van der Waals surface area contributed by atoms with Crippen molar-refractivity contribution in [1.82, 2.24) is 14.8 Å². The number of aromatic nitrogens is 3. The summed E-state index contributed by atoms with van der Waals surface area (Å²) < 4.78 is 7.53. The van der Waals surface area contributed by atoms with Gasteiger partial charge in [0.2, 0.25) is 0 Å². The lowest BCUT2D eigenvalue weighted by Crippen LogP contribution is -2.20. The SMILES string of the molecule is CSc1cccc(NC(=O)c2cn(C[C@H]3CCCO3)cc3c(=O)[nH]nc2-3)c1. The molecule has 0 aliphatic carbocycles. The van der Waals surface area contributed by atoms with Crippen molar-refractivity contribution in [1.29, 1.82) is 0 Å². The number of anilines is 1. The van der Waals surface area contributed by atoms with E-state index in [4.69, 9.17) is 4.74 Å². The Morgan fingerprint density at radius 2 is 2.33 bits per heavy atom. The highest BCUT2D eigenvalue weighted by Crippen LogP contribution is 2.24. The van der Waals surface area contributed by atoms with Crippen LogP contribution in [0, 0.1) is 0 Å². The summed E-state index contributed by atoms with van der Waals surface area (Å²) in [6, 6.07) is 7.62. The van der Waals surface area contributed by atoms with Crippen molar-refractivity contribution in [3.8, 4) is 11.3 Å². The summed E-state index contributed by atoms with van der Waals surface area (Å²) in [7, 11) is 0. The molecular weight excluding hydrogens is 364 g/mol. The zero-order valence-electron chi connectivity index (χ0n) is 14.9. The number of aromatic amines is 1. The van der Waals surface area contributed by atoms with Crippen molar-refractivity contribution >= 4 is 23.4 Å². The van der Waals surface area contributed by atoms with Gasteiger partial charge >= 0.3 is 0 Å². The van der Waals surface area contributed by atoms with Crippen LogP contribution in [0.15, 0.2) is 46.3 Å². The lowest BCUT2D eigenvalue weighted by molar-refractivity contribution is 0.0961. The van der Waals surface area contributed by atoms with E-state index in [0.29, 0.717) is 29.1 Å². The first kappa shape index (κ1) is 17.8. The number of benzene rings is 1. The van der Waals surface area contributed by atoms with Crippen LogP contribution in [0.2, 0.25) is 0 Å². The highest BCUT2D eigenvalue weighted by atomic mass is 32.2. The Kier molecular flexibility index (Phi) is 5.00. The summed E-state index contributed by atoms with van der Waals surface area (Å²) >= 11 is 1.60. The molecule has 1 aromatic rings. The molecule has 27 heavy (non-hydrogen) atoms. The topological polar surface area (TPSA) is 89.0 Å². The maximum atomic E-state index is 12.9. The van der Waals surface area contributed by atoms with Crippen LogP contribution in [0.3, 0.4) is 0 Å². The maximum absolute atomic E-state index is 12.9. The number of pyridine rings is 1. The van der Waals surface area contributed by atoms with E-state index in [9.17, 15) is 9.59 Å². The Hall–Kier alpha value is -2.58. The summed E-state index contributed by atoms with van der Waals surface area (Å²) in [5.41, 5.74) is 1.54. The number of nitrogens with one attached hydrogen (secondary N) is 2. The van der Waals surface area contributed by atoms with Gasteiger partial charge in [-0.05, 0) is 37.3 Å². The molecule has 0 saturated carbocycles. The Morgan fingerprint density at radius 1 is 1.44 bits per heavy atom. The average molecular weight is 384 g/mol. The number of ether oxygens (including phenoxy) is 1. The first-order valence-corrected chi connectivity index (χ1v) is 10.0. The molecule has 4 rings (SSSR count). The zero-order valence-corrected chi connectivity index (χ0v) is 15.7. The fraction of sp³-hybridized carbons (Fsp3) is 0.316. The van der Waals surface area contributed by atoms with E-state index in [1.54, 1.807) is 24.2 Å². The number of hydrogen-bond donors (Lipinski definition) is 2. The van der Waals surface area contributed by atoms with Crippen LogP contribution in [0.1, 0.15) is 23.2 Å². The van der Waals surface area contributed by atoms with E-state index in [1.165, 1.54) is 0 Å². The number of thioether (sulfide) groups is 1. The third kappa shape index (κ3) is 3.77. The smallest absolute Gasteiger partial charge is 0.275 e.